The van der Waals surface area contributed by atoms with Gasteiger partial charge in [-0.1, -0.05) is 42.5 Å². The van der Waals surface area contributed by atoms with Crippen molar-refractivity contribution in [3.63, 3.8) is 0 Å². The van der Waals surface area contributed by atoms with Crippen LogP contribution < -0.4 is 10.1 Å². The second kappa shape index (κ2) is 8.49. The summed E-state index contributed by atoms with van der Waals surface area (Å²) in [6.45, 7) is 3.17. The van der Waals surface area contributed by atoms with Crippen molar-refractivity contribution in [2.75, 3.05) is 12.3 Å². The van der Waals surface area contributed by atoms with Crippen molar-refractivity contribution in [3.05, 3.63) is 65.7 Å². The summed E-state index contributed by atoms with van der Waals surface area (Å²) in [5, 5.41) is 3.01. The second-order valence-electron chi connectivity index (χ2n) is 7.72. The van der Waals surface area contributed by atoms with E-state index >= 15 is 0 Å². The number of thioether (sulfide) groups is 1. The summed E-state index contributed by atoms with van der Waals surface area (Å²) < 4.78 is 5.81. The first-order chi connectivity index (χ1) is 14.0. The van der Waals surface area contributed by atoms with Crippen LogP contribution in [0, 0.1) is 0 Å². The molecule has 5 nitrogen and oxygen atoms in total. The fourth-order valence-electron chi connectivity index (χ4n) is 3.96. The van der Waals surface area contributed by atoms with Crippen molar-refractivity contribution in [3.8, 4) is 5.75 Å². The molecule has 4 rings (SSSR count). The summed E-state index contributed by atoms with van der Waals surface area (Å²) in [5.74, 6) is 1.57. The molecule has 0 aromatic heterocycles. The number of fused-ring (bicyclic) bond motifs is 1. The number of carbonyl (C=O) groups excluding carboxylic acids is 2. The van der Waals surface area contributed by atoms with E-state index in [9.17, 15) is 9.59 Å². The molecule has 0 saturated carbocycles. The zero-order chi connectivity index (χ0) is 20.3. The molecule has 2 aromatic carbocycles. The molecule has 2 aromatic rings. The Labute approximate surface area is 175 Å². The maximum absolute atomic E-state index is 12.6. The first-order valence-electron chi connectivity index (χ1n) is 10.0. The maximum atomic E-state index is 12.6. The Hall–Kier alpha value is -2.47. The summed E-state index contributed by atoms with van der Waals surface area (Å²) in [4.78, 5) is 26.4. The van der Waals surface area contributed by atoms with Gasteiger partial charge in [-0.05, 0) is 43.0 Å². The van der Waals surface area contributed by atoms with Crippen LogP contribution >= 0.6 is 11.8 Å². The number of ether oxygens (including phenoxy) is 1. The van der Waals surface area contributed by atoms with E-state index in [0.717, 1.165) is 29.7 Å². The SMILES string of the molecule is CC12CCC(=O)N1C(C(=O)NCCc1ccc(OCc3ccccc3)cc1)CS2. The predicted octanol–water partition coefficient (Wildman–Crippen LogP) is 3.38. The van der Waals surface area contributed by atoms with Crippen molar-refractivity contribution >= 4 is 23.6 Å². The predicted molar refractivity (Wildman–Crippen MR) is 115 cm³/mol. The Morgan fingerprint density at radius 1 is 1.17 bits per heavy atom. The van der Waals surface area contributed by atoms with Crippen LogP contribution in [-0.4, -0.2) is 39.9 Å². The first kappa shape index (κ1) is 19.8. The molecule has 2 heterocycles. The van der Waals surface area contributed by atoms with Crippen molar-refractivity contribution in [1.82, 2.24) is 10.2 Å². The van der Waals surface area contributed by atoms with Gasteiger partial charge in [0.05, 0.1) is 4.87 Å². The van der Waals surface area contributed by atoms with E-state index in [-0.39, 0.29) is 22.7 Å². The highest BCUT2D eigenvalue weighted by molar-refractivity contribution is 8.01. The van der Waals surface area contributed by atoms with Crippen LogP contribution in [0.3, 0.4) is 0 Å². The fraction of sp³-hybridized carbons (Fsp3) is 0.391. The van der Waals surface area contributed by atoms with Crippen LogP contribution in [0.5, 0.6) is 5.75 Å². The Morgan fingerprint density at radius 3 is 2.69 bits per heavy atom. The van der Waals surface area contributed by atoms with Crippen molar-refractivity contribution in [2.24, 2.45) is 0 Å². The van der Waals surface area contributed by atoms with Gasteiger partial charge in [-0.2, -0.15) is 0 Å². The number of benzene rings is 2. The second-order valence-corrected chi connectivity index (χ2v) is 9.23. The summed E-state index contributed by atoms with van der Waals surface area (Å²) in [6, 6.07) is 17.7. The highest BCUT2D eigenvalue weighted by atomic mass is 32.2. The quantitative estimate of drug-likeness (QED) is 0.760. The lowest BCUT2D eigenvalue weighted by atomic mass is 10.1. The van der Waals surface area contributed by atoms with Gasteiger partial charge in [0.15, 0.2) is 0 Å². The Balaban J connectivity index is 1.23. The molecule has 6 heteroatoms. The largest absolute Gasteiger partial charge is 0.489 e. The highest BCUT2D eigenvalue weighted by Crippen LogP contribution is 2.47. The summed E-state index contributed by atoms with van der Waals surface area (Å²) >= 11 is 1.72. The van der Waals surface area contributed by atoms with Gasteiger partial charge in [0, 0.05) is 18.7 Å². The average molecular weight is 411 g/mol. The fourth-order valence-corrected chi connectivity index (χ4v) is 5.39. The zero-order valence-corrected chi connectivity index (χ0v) is 17.4. The minimum absolute atomic E-state index is 0.0423. The zero-order valence-electron chi connectivity index (χ0n) is 16.6. The van der Waals surface area contributed by atoms with Crippen molar-refractivity contribution < 1.29 is 14.3 Å². The maximum Gasteiger partial charge on any atom is 0.243 e. The Bertz CT molecular complexity index is 871. The van der Waals surface area contributed by atoms with Crippen LogP contribution in [-0.2, 0) is 22.6 Å². The van der Waals surface area contributed by atoms with E-state index in [4.69, 9.17) is 4.74 Å². The molecule has 0 bridgehead atoms. The molecule has 2 unspecified atom stereocenters. The van der Waals surface area contributed by atoms with Gasteiger partial charge in [-0.25, -0.2) is 0 Å². The minimum atomic E-state index is -0.339. The number of hydrogen-bond donors (Lipinski definition) is 1. The van der Waals surface area contributed by atoms with E-state index in [1.807, 2.05) is 54.6 Å². The topological polar surface area (TPSA) is 58.6 Å². The molecule has 2 amide bonds. The minimum Gasteiger partial charge on any atom is -0.489 e. The van der Waals surface area contributed by atoms with Gasteiger partial charge in [-0.15, -0.1) is 11.8 Å². The molecule has 2 fully saturated rings. The van der Waals surface area contributed by atoms with E-state index in [1.165, 1.54) is 0 Å². The Kier molecular flexibility index (Phi) is 5.81. The molecule has 2 aliphatic heterocycles. The monoisotopic (exact) mass is 410 g/mol. The number of hydrogen-bond acceptors (Lipinski definition) is 4. The number of rotatable bonds is 7. The lowest BCUT2D eigenvalue weighted by Gasteiger charge is -2.29. The van der Waals surface area contributed by atoms with Crippen LogP contribution in [0.25, 0.3) is 0 Å². The van der Waals surface area contributed by atoms with Gasteiger partial charge in [0.25, 0.3) is 0 Å². The molecular weight excluding hydrogens is 384 g/mol. The van der Waals surface area contributed by atoms with Gasteiger partial charge in [0.2, 0.25) is 11.8 Å². The normalized spacial score (nSPS) is 23.1. The number of nitrogens with zero attached hydrogens (tertiary/aromatic N) is 1. The van der Waals surface area contributed by atoms with Gasteiger partial charge in [0.1, 0.15) is 18.4 Å². The summed E-state index contributed by atoms with van der Waals surface area (Å²) in [5.41, 5.74) is 2.28. The van der Waals surface area contributed by atoms with E-state index in [1.54, 1.807) is 16.7 Å². The molecule has 0 spiro atoms. The number of nitrogens with one attached hydrogen (secondary N) is 1. The van der Waals surface area contributed by atoms with Crippen LogP contribution in [0.2, 0.25) is 0 Å². The molecule has 29 heavy (non-hydrogen) atoms. The number of carbonyl (C=O) groups is 2. The van der Waals surface area contributed by atoms with Gasteiger partial charge < -0.3 is 15.0 Å². The third kappa shape index (κ3) is 4.42. The molecule has 2 aliphatic rings. The lowest BCUT2D eigenvalue weighted by Crippen LogP contribution is -2.50. The molecule has 2 saturated heterocycles. The molecule has 1 N–H and O–H groups in total. The molecule has 2 atom stereocenters. The molecule has 152 valence electrons. The van der Waals surface area contributed by atoms with Gasteiger partial charge >= 0.3 is 0 Å². The van der Waals surface area contributed by atoms with E-state index in [2.05, 4.69) is 12.2 Å². The smallest absolute Gasteiger partial charge is 0.243 e. The molecule has 0 aliphatic carbocycles. The third-order valence-electron chi connectivity index (χ3n) is 5.63. The van der Waals surface area contributed by atoms with E-state index in [0.29, 0.717) is 25.3 Å². The highest BCUT2D eigenvalue weighted by Gasteiger charge is 2.52. The first-order valence-corrected chi connectivity index (χ1v) is 11.0. The van der Waals surface area contributed by atoms with Crippen LogP contribution in [0.4, 0.5) is 0 Å². The van der Waals surface area contributed by atoms with Crippen molar-refractivity contribution in [1.29, 1.82) is 0 Å². The molecule has 0 radical (unpaired) electrons. The summed E-state index contributed by atoms with van der Waals surface area (Å²) in [7, 11) is 0. The van der Waals surface area contributed by atoms with Crippen LogP contribution in [0.15, 0.2) is 54.6 Å². The number of amides is 2. The summed E-state index contributed by atoms with van der Waals surface area (Å²) in [6.07, 6.45) is 2.13. The average Bonchev–Trinajstić information content (AvgIpc) is 3.24. The Morgan fingerprint density at radius 2 is 1.93 bits per heavy atom. The standard InChI is InChI=1S/C23H26N2O3S/c1-23-13-11-21(26)25(23)20(16-29-23)22(27)24-14-12-17-7-9-19(10-8-17)28-15-18-5-3-2-4-6-18/h2-10,20H,11-16H2,1H3,(H,24,27). The van der Waals surface area contributed by atoms with Crippen LogP contribution in [0.1, 0.15) is 30.9 Å². The third-order valence-corrected chi connectivity index (χ3v) is 7.14. The molecular formula is C23H26N2O3S. The van der Waals surface area contributed by atoms with E-state index < -0.39 is 0 Å². The lowest BCUT2D eigenvalue weighted by molar-refractivity contribution is -0.137. The van der Waals surface area contributed by atoms with Gasteiger partial charge in [-0.3, -0.25) is 9.59 Å². The van der Waals surface area contributed by atoms with Crippen molar-refractivity contribution in [2.45, 2.75) is 43.7 Å².